The zero-order chi connectivity index (χ0) is 18.2. The largest absolute Gasteiger partial charge is 0.396 e. The van der Waals surface area contributed by atoms with Gasteiger partial charge in [0.25, 0.3) is 0 Å². The molecule has 1 aliphatic carbocycles. The first-order valence-electron chi connectivity index (χ1n) is 9.96. The third kappa shape index (κ3) is 11.6. The molecule has 7 heteroatoms. The van der Waals surface area contributed by atoms with Crippen molar-refractivity contribution in [2.24, 2.45) is 10.4 Å². The van der Waals surface area contributed by atoms with E-state index in [1.807, 2.05) is 0 Å². The van der Waals surface area contributed by atoms with Crippen molar-refractivity contribution >= 4 is 29.9 Å². The Balaban J connectivity index is 0.00000625. The zero-order valence-electron chi connectivity index (χ0n) is 16.7. The van der Waals surface area contributed by atoms with Gasteiger partial charge in [-0.1, -0.05) is 19.3 Å². The van der Waals surface area contributed by atoms with E-state index < -0.39 is 0 Å². The number of halogens is 1. The third-order valence-corrected chi connectivity index (χ3v) is 4.91. The lowest BCUT2D eigenvalue weighted by atomic mass is 9.72. The lowest BCUT2D eigenvalue weighted by molar-refractivity contribution is 0.0689. The average Bonchev–Trinajstić information content (AvgIpc) is 2.63. The first-order valence-corrected chi connectivity index (χ1v) is 9.96. The summed E-state index contributed by atoms with van der Waals surface area (Å²) in [6, 6.07) is 0. The highest BCUT2D eigenvalue weighted by Crippen LogP contribution is 2.39. The molecule has 0 atom stereocenters. The number of unbranched alkanes of at least 4 members (excludes halogenated alkanes) is 1. The highest BCUT2D eigenvalue weighted by atomic mass is 127. The van der Waals surface area contributed by atoms with E-state index in [2.05, 4.69) is 17.6 Å². The maximum Gasteiger partial charge on any atom is 0.191 e. The summed E-state index contributed by atoms with van der Waals surface area (Å²) in [6.45, 7) is 7.02. The minimum atomic E-state index is 0. The monoisotopic (exact) mass is 485 g/mol. The van der Waals surface area contributed by atoms with Crippen LogP contribution in [0, 0.1) is 5.41 Å². The molecule has 0 aromatic heterocycles. The number of nitrogens with one attached hydrogen (secondary N) is 2. The Morgan fingerprint density at radius 1 is 1.08 bits per heavy atom. The van der Waals surface area contributed by atoms with Crippen LogP contribution in [0.4, 0.5) is 0 Å². The van der Waals surface area contributed by atoms with Gasteiger partial charge in [0.1, 0.15) is 0 Å². The molecule has 0 unspecified atom stereocenters. The van der Waals surface area contributed by atoms with Crippen LogP contribution in [0.15, 0.2) is 4.99 Å². The highest BCUT2D eigenvalue weighted by Gasteiger charge is 2.31. The third-order valence-electron chi connectivity index (χ3n) is 4.91. The predicted octanol–water partition coefficient (Wildman–Crippen LogP) is 2.94. The minimum absolute atomic E-state index is 0. The fourth-order valence-electron chi connectivity index (χ4n) is 3.39. The number of rotatable bonds is 13. The molecule has 0 radical (unpaired) electrons. The van der Waals surface area contributed by atoms with E-state index in [-0.39, 0.29) is 36.0 Å². The first kappa shape index (κ1) is 25.9. The fraction of sp³-hybridized carbons (Fsp3) is 0.947. The molecule has 0 aromatic rings. The summed E-state index contributed by atoms with van der Waals surface area (Å²) in [5, 5.41) is 16.2. The lowest BCUT2D eigenvalue weighted by Crippen LogP contribution is -2.39. The molecule has 156 valence electrons. The van der Waals surface area contributed by atoms with Gasteiger partial charge in [-0.25, -0.2) is 0 Å². The predicted molar refractivity (Wildman–Crippen MR) is 119 cm³/mol. The summed E-state index contributed by atoms with van der Waals surface area (Å²) in [7, 11) is 1.69. The van der Waals surface area contributed by atoms with Crippen molar-refractivity contribution in [2.75, 3.05) is 53.2 Å². The van der Waals surface area contributed by atoms with E-state index in [0.29, 0.717) is 13.2 Å². The first-order chi connectivity index (χ1) is 12.3. The number of methoxy groups -OCH3 is 1. The van der Waals surface area contributed by atoms with E-state index in [9.17, 15) is 5.11 Å². The normalized spacial score (nSPS) is 16.8. The minimum Gasteiger partial charge on any atom is -0.396 e. The van der Waals surface area contributed by atoms with Crippen molar-refractivity contribution in [2.45, 2.75) is 58.3 Å². The summed E-state index contributed by atoms with van der Waals surface area (Å²) in [4.78, 5) is 4.82. The molecule has 0 aliphatic heterocycles. The van der Waals surface area contributed by atoms with Crippen LogP contribution in [0.25, 0.3) is 0 Å². The van der Waals surface area contributed by atoms with E-state index in [4.69, 9.17) is 14.5 Å². The van der Waals surface area contributed by atoms with Crippen molar-refractivity contribution < 1.29 is 14.6 Å². The van der Waals surface area contributed by atoms with Crippen molar-refractivity contribution in [1.82, 2.24) is 10.6 Å². The molecule has 0 aromatic carbocycles. The standard InChI is InChI=1S/C19H39N3O3.HI/c1-3-20-18(21-12-7-8-14-25-16-15-24-2)22-17-19(11-13-23)9-5-4-6-10-19;/h23H,3-17H2,1-2H3,(H2,20,21,22);1H. The second-order valence-corrected chi connectivity index (χ2v) is 6.97. The van der Waals surface area contributed by atoms with Gasteiger partial charge in [-0.15, -0.1) is 24.0 Å². The Morgan fingerprint density at radius 3 is 2.50 bits per heavy atom. The molecule has 0 bridgehead atoms. The molecule has 3 N–H and O–H groups in total. The van der Waals surface area contributed by atoms with Gasteiger partial charge in [-0.2, -0.15) is 0 Å². The number of ether oxygens (including phenoxy) is 2. The zero-order valence-corrected chi connectivity index (χ0v) is 19.1. The molecule has 0 saturated heterocycles. The second-order valence-electron chi connectivity index (χ2n) is 6.97. The van der Waals surface area contributed by atoms with Gasteiger partial charge >= 0.3 is 0 Å². The number of aliphatic hydroxyl groups is 1. The molecule has 1 rings (SSSR count). The van der Waals surface area contributed by atoms with Crippen LogP contribution in [-0.2, 0) is 9.47 Å². The van der Waals surface area contributed by atoms with Crippen molar-refractivity contribution in [3.05, 3.63) is 0 Å². The Kier molecular flexibility index (Phi) is 16.9. The highest BCUT2D eigenvalue weighted by molar-refractivity contribution is 14.0. The van der Waals surface area contributed by atoms with Gasteiger partial charge in [-0.3, -0.25) is 4.99 Å². The Morgan fingerprint density at radius 2 is 1.85 bits per heavy atom. The Hall–Kier alpha value is -0.120. The van der Waals surface area contributed by atoms with Gasteiger partial charge in [0.2, 0.25) is 0 Å². The molecule has 0 heterocycles. The molecule has 0 spiro atoms. The summed E-state index contributed by atoms with van der Waals surface area (Å²) in [5.41, 5.74) is 0.199. The van der Waals surface area contributed by atoms with Crippen LogP contribution in [-0.4, -0.2) is 64.2 Å². The number of aliphatic imine (C=N–C) groups is 1. The fourth-order valence-corrected chi connectivity index (χ4v) is 3.39. The van der Waals surface area contributed by atoms with Crippen LogP contribution in [0.2, 0.25) is 0 Å². The van der Waals surface area contributed by atoms with Crippen molar-refractivity contribution in [3.8, 4) is 0 Å². The maximum absolute atomic E-state index is 9.43. The summed E-state index contributed by atoms with van der Waals surface area (Å²) in [6.07, 6.45) is 9.19. The summed E-state index contributed by atoms with van der Waals surface area (Å²) in [5.74, 6) is 0.894. The van der Waals surface area contributed by atoms with Gasteiger partial charge in [0.05, 0.1) is 13.2 Å². The summed E-state index contributed by atoms with van der Waals surface area (Å²) >= 11 is 0. The molecular weight excluding hydrogens is 445 g/mol. The van der Waals surface area contributed by atoms with Crippen LogP contribution < -0.4 is 10.6 Å². The maximum atomic E-state index is 9.43. The number of hydrogen-bond donors (Lipinski definition) is 3. The van der Waals surface area contributed by atoms with Crippen molar-refractivity contribution in [3.63, 3.8) is 0 Å². The van der Waals surface area contributed by atoms with E-state index in [0.717, 1.165) is 51.5 Å². The molecule has 1 aliphatic rings. The molecule has 26 heavy (non-hydrogen) atoms. The molecular formula is C19H40IN3O3. The average molecular weight is 485 g/mol. The topological polar surface area (TPSA) is 75.1 Å². The van der Waals surface area contributed by atoms with Gasteiger partial charge in [0.15, 0.2) is 5.96 Å². The molecule has 1 fully saturated rings. The van der Waals surface area contributed by atoms with Crippen LogP contribution in [0.3, 0.4) is 0 Å². The Labute approximate surface area is 176 Å². The van der Waals surface area contributed by atoms with E-state index in [1.165, 1.54) is 32.1 Å². The van der Waals surface area contributed by atoms with Gasteiger partial charge in [0, 0.05) is 40.0 Å². The number of nitrogens with zero attached hydrogens (tertiary/aromatic N) is 1. The number of hydrogen-bond acceptors (Lipinski definition) is 4. The quantitative estimate of drug-likeness (QED) is 0.162. The van der Waals surface area contributed by atoms with Crippen LogP contribution in [0.1, 0.15) is 58.3 Å². The number of guanidine groups is 1. The molecule has 1 saturated carbocycles. The van der Waals surface area contributed by atoms with E-state index in [1.54, 1.807) is 7.11 Å². The second kappa shape index (κ2) is 17.0. The molecule has 0 amide bonds. The van der Waals surface area contributed by atoms with Gasteiger partial charge < -0.3 is 25.2 Å². The smallest absolute Gasteiger partial charge is 0.191 e. The summed E-state index contributed by atoms with van der Waals surface area (Å²) < 4.78 is 10.4. The van der Waals surface area contributed by atoms with Crippen molar-refractivity contribution in [1.29, 1.82) is 0 Å². The molecule has 6 nitrogen and oxygen atoms in total. The van der Waals surface area contributed by atoms with Gasteiger partial charge in [-0.05, 0) is 44.4 Å². The Bertz CT molecular complexity index is 345. The number of aliphatic hydroxyl groups excluding tert-OH is 1. The lowest BCUT2D eigenvalue weighted by Gasteiger charge is -2.35. The van der Waals surface area contributed by atoms with E-state index >= 15 is 0 Å². The van der Waals surface area contributed by atoms with Crippen LogP contribution in [0.5, 0.6) is 0 Å². The van der Waals surface area contributed by atoms with Crippen LogP contribution >= 0.6 is 24.0 Å². The SMILES string of the molecule is CCNC(=NCC1(CCO)CCCCC1)NCCCCOCCOC.I.